The van der Waals surface area contributed by atoms with Crippen LogP contribution >= 0.6 is 0 Å². The molecule has 1 saturated heterocycles. The molecular formula is C17H24N2O. The molecule has 2 fully saturated rings. The van der Waals surface area contributed by atoms with E-state index in [9.17, 15) is 4.79 Å². The number of benzene rings is 1. The Bertz CT molecular complexity index is 459. The summed E-state index contributed by atoms with van der Waals surface area (Å²) in [4.78, 5) is 14.7. The first-order valence-corrected chi connectivity index (χ1v) is 7.85. The fourth-order valence-corrected chi connectivity index (χ4v) is 3.85. The molecule has 20 heavy (non-hydrogen) atoms. The monoisotopic (exact) mass is 272 g/mol. The second kappa shape index (κ2) is 5.96. The second-order valence-corrected chi connectivity index (χ2v) is 6.23. The second-order valence-electron chi connectivity index (χ2n) is 6.23. The predicted molar refractivity (Wildman–Crippen MR) is 80.2 cm³/mol. The average Bonchev–Trinajstić information content (AvgIpc) is 2.91. The molecule has 3 rings (SSSR count). The first-order chi connectivity index (χ1) is 9.75. The summed E-state index contributed by atoms with van der Waals surface area (Å²) in [5.41, 5.74) is 7.31. The number of hydrogen-bond acceptors (Lipinski definition) is 2. The zero-order chi connectivity index (χ0) is 13.9. The Kier molecular flexibility index (Phi) is 4.06. The number of fused-ring (bicyclic) bond motifs is 1. The van der Waals surface area contributed by atoms with E-state index in [1.807, 2.05) is 30.3 Å². The highest BCUT2D eigenvalue weighted by molar-refractivity contribution is 5.82. The average molecular weight is 272 g/mol. The van der Waals surface area contributed by atoms with Crippen LogP contribution < -0.4 is 5.73 Å². The molecule has 3 atom stereocenters. The molecule has 1 aliphatic carbocycles. The van der Waals surface area contributed by atoms with E-state index in [-0.39, 0.29) is 5.91 Å². The van der Waals surface area contributed by atoms with Crippen LogP contribution in [0.4, 0.5) is 0 Å². The van der Waals surface area contributed by atoms with Gasteiger partial charge in [0, 0.05) is 12.6 Å². The van der Waals surface area contributed by atoms with Gasteiger partial charge in [0.25, 0.3) is 0 Å². The van der Waals surface area contributed by atoms with Gasteiger partial charge in [-0.05, 0) is 37.2 Å². The molecule has 0 spiro atoms. The van der Waals surface area contributed by atoms with Crippen LogP contribution in [0.15, 0.2) is 30.3 Å². The molecule has 0 aromatic heterocycles. The Hall–Kier alpha value is -1.35. The lowest BCUT2D eigenvalue weighted by Crippen LogP contribution is -2.48. The largest absolute Gasteiger partial charge is 0.338 e. The summed E-state index contributed by atoms with van der Waals surface area (Å²) in [6, 6.07) is 10.2. The fourth-order valence-electron chi connectivity index (χ4n) is 3.85. The van der Waals surface area contributed by atoms with Crippen molar-refractivity contribution in [1.82, 2.24) is 4.90 Å². The number of carbonyl (C=O) groups excluding carboxylic acids is 1. The van der Waals surface area contributed by atoms with E-state index < -0.39 is 6.04 Å². The van der Waals surface area contributed by atoms with Crippen LogP contribution in [0.25, 0.3) is 0 Å². The standard InChI is InChI=1S/C17H24N2O/c18-15(12-13-6-2-1-3-7-13)17(20)19-11-10-14-8-4-5-9-16(14)19/h1-3,6-7,14-16H,4-5,8-12,18H2/t14?,15-,16?/m1/s1. The zero-order valence-electron chi connectivity index (χ0n) is 12.0. The number of rotatable bonds is 3. The van der Waals surface area contributed by atoms with E-state index in [1.54, 1.807) is 0 Å². The lowest BCUT2D eigenvalue weighted by Gasteiger charge is -2.33. The van der Waals surface area contributed by atoms with Gasteiger partial charge in [-0.3, -0.25) is 4.79 Å². The lowest BCUT2D eigenvalue weighted by atomic mass is 9.85. The lowest BCUT2D eigenvalue weighted by molar-refractivity contribution is -0.134. The van der Waals surface area contributed by atoms with Gasteiger partial charge in [0.15, 0.2) is 0 Å². The molecule has 3 heteroatoms. The molecule has 2 aliphatic rings. The smallest absolute Gasteiger partial charge is 0.240 e. The maximum Gasteiger partial charge on any atom is 0.240 e. The first-order valence-electron chi connectivity index (χ1n) is 7.85. The molecule has 1 heterocycles. The molecule has 108 valence electrons. The van der Waals surface area contributed by atoms with Gasteiger partial charge in [0.05, 0.1) is 6.04 Å². The van der Waals surface area contributed by atoms with E-state index in [4.69, 9.17) is 5.73 Å². The maximum absolute atomic E-state index is 12.6. The highest BCUT2D eigenvalue weighted by atomic mass is 16.2. The van der Waals surface area contributed by atoms with Crippen molar-refractivity contribution in [3.8, 4) is 0 Å². The van der Waals surface area contributed by atoms with Crippen molar-refractivity contribution >= 4 is 5.91 Å². The molecular weight excluding hydrogens is 248 g/mol. The van der Waals surface area contributed by atoms with Crippen molar-refractivity contribution in [2.45, 2.75) is 50.6 Å². The molecule has 0 bridgehead atoms. The van der Waals surface area contributed by atoms with Crippen molar-refractivity contribution in [1.29, 1.82) is 0 Å². The highest BCUT2D eigenvalue weighted by Crippen LogP contribution is 2.36. The van der Waals surface area contributed by atoms with Gasteiger partial charge in [-0.2, -0.15) is 0 Å². The number of amides is 1. The summed E-state index contributed by atoms with van der Waals surface area (Å²) in [6.07, 6.45) is 6.89. The topological polar surface area (TPSA) is 46.3 Å². The molecule has 1 aliphatic heterocycles. The quantitative estimate of drug-likeness (QED) is 0.918. The number of likely N-dealkylation sites (tertiary alicyclic amines) is 1. The van der Waals surface area contributed by atoms with Crippen molar-refractivity contribution in [2.24, 2.45) is 11.7 Å². The SMILES string of the molecule is N[C@H](Cc1ccccc1)C(=O)N1CCC2CCCCC21. The normalized spacial score (nSPS) is 27.1. The number of nitrogens with zero attached hydrogens (tertiary/aromatic N) is 1. The molecule has 3 nitrogen and oxygen atoms in total. The summed E-state index contributed by atoms with van der Waals surface area (Å²) in [7, 11) is 0. The van der Waals surface area contributed by atoms with E-state index in [2.05, 4.69) is 4.90 Å². The van der Waals surface area contributed by atoms with Gasteiger partial charge >= 0.3 is 0 Å². The molecule has 2 N–H and O–H groups in total. The van der Waals surface area contributed by atoms with Crippen LogP contribution in [0.2, 0.25) is 0 Å². The fraction of sp³-hybridized carbons (Fsp3) is 0.588. The number of carbonyl (C=O) groups is 1. The van der Waals surface area contributed by atoms with Crippen LogP contribution in [-0.4, -0.2) is 29.4 Å². The van der Waals surface area contributed by atoms with Gasteiger partial charge in [-0.1, -0.05) is 43.2 Å². The molecule has 2 unspecified atom stereocenters. The van der Waals surface area contributed by atoms with E-state index in [0.717, 1.165) is 18.0 Å². The third kappa shape index (κ3) is 2.73. The minimum atomic E-state index is -0.391. The summed E-state index contributed by atoms with van der Waals surface area (Å²) in [5, 5.41) is 0. The molecule has 1 amide bonds. The van der Waals surface area contributed by atoms with Crippen LogP contribution in [0.5, 0.6) is 0 Å². The molecule has 1 aromatic carbocycles. The Morgan fingerprint density at radius 2 is 1.95 bits per heavy atom. The summed E-state index contributed by atoms with van der Waals surface area (Å²) in [5.74, 6) is 0.889. The minimum absolute atomic E-state index is 0.156. The Labute approximate surface area is 121 Å². The maximum atomic E-state index is 12.6. The van der Waals surface area contributed by atoms with Crippen molar-refractivity contribution in [3.05, 3.63) is 35.9 Å². The van der Waals surface area contributed by atoms with Crippen molar-refractivity contribution < 1.29 is 4.79 Å². The number of hydrogen-bond donors (Lipinski definition) is 1. The molecule has 0 radical (unpaired) electrons. The van der Waals surface area contributed by atoms with Gasteiger partial charge in [0.2, 0.25) is 5.91 Å². The molecule has 1 aromatic rings. The number of nitrogens with two attached hydrogens (primary N) is 1. The molecule has 1 saturated carbocycles. The van der Waals surface area contributed by atoms with Crippen LogP contribution in [0.1, 0.15) is 37.7 Å². The van der Waals surface area contributed by atoms with Crippen LogP contribution in [0.3, 0.4) is 0 Å². The third-order valence-corrected chi connectivity index (χ3v) is 4.91. The summed E-state index contributed by atoms with van der Waals surface area (Å²) in [6.45, 7) is 0.913. The highest BCUT2D eigenvalue weighted by Gasteiger charge is 2.39. The zero-order valence-corrected chi connectivity index (χ0v) is 12.0. The Morgan fingerprint density at radius 1 is 1.20 bits per heavy atom. The Balaban J connectivity index is 1.63. The van der Waals surface area contributed by atoms with Gasteiger partial charge in [-0.15, -0.1) is 0 Å². The van der Waals surface area contributed by atoms with E-state index in [1.165, 1.54) is 32.1 Å². The predicted octanol–water partition coefficient (Wildman–Crippen LogP) is 2.35. The summed E-state index contributed by atoms with van der Waals surface area (Å²) >= 11 is 0. The van der Waals surface area contributed by atoms with Crippen molar-refractivity contribution in [3.63, 3.8) is 0 Å². The van der Waals surface area contributed by atoms with Gasteiger partial charge in [-0.25, -0.2) is 0 Å². The van der Waals surface area contributed by atoms with E-state index in [0.29, 0.717) is 12.5 Å². The van der Waals surface area contributed by atoms with Gasteiger partial charge < -0.3 is 10.6 Å². The van der Waals surface area contributed by atoms with Crippen LogP contribution in [-0.2, 0) is 11.2 Å². The Morgan fingerprint density at radius 3 is 2.75 bits per heavy atom. The third-order valence-electron chi connectivity index (χ3n) is 4.91. The summed E-state index contributed by atoms with van der Waals surface area (Å²) < 4.78 is 0. The first kappa shape index (κ1) is 13.6. The van der Waals surface area contributed by atoms with E-state index >= 15 is 0 Å². The van der Waals surface area contributed by atoms with Crippen molar-refractivity contribution in [2.75, 3.05) is 6.54 Å². The van der Waals surface area contributed by atoms with Crippen LogP contribution in [0, 0.1) is 5.92 Å². The minimum Gasteiger partial charge on any atom is -0.338 e. The van der Waals surface area contributed by atoms with Gasteiger partial charge in [0.1, 0.15) is 0 Å².